The Balaban J connectivity index is 1.78. The average molecular weight is 392 g/mol. The normalized spacial score (nSPS) is 21.4. The molecule has 1 fully saturated rings. The van der Waals surface area contributed by atoms with Crippen LogP contribution in [-0.4, -0.2) is 25.2 Å². The summed E-state index contributed by atoms with van der Waals surface area (Å²) < 4.78 is 10.6. The van der Waals surface area contributed by atoms with E-state index in [0.29, 0.717) is 22.6 Å². The van der Waals surface area contributed by atoms with Gasteiger partial charge in [0.05, 0.1) is 18.2 Å². The molecule has 1 saturated carbocycles. The highest BCUT2D eigenvalue weighted by Gasteiger charge is 2.32. The summed E-state index contributed by atoms with van der Waals surface area (Å²) in [6.07, 6.45) is 2.83. The summed E-state index contributed by atoms with van der Waals surface area (Å²) in [6.45, 7) is 12.2. The molecular weight excluding hydrogens is 364 g/mol. The van der Waals surface area contributed by atoms with Crippen LogP contribution in [0.5, 0.6) is 0 Å². The molecule has 0 aromatic heterocycles. The number of benzene rings is 2. The van der Waals surface area contributed by atoms with Gasteiger partial charge in [0.25, 0.3) is 0 Å². The first-order valence-electron chi connectivity index (χ1n) is 9.98. The molecule has 2 aromatic carbocycles. The Kier molecular flexibility index (Phi) is 6.21. The van der Waals surface area contributed by atoms with Gasteiger partial charge in [-0.25, -0.2) is 9.59 Å². The van der Waals surface area contributed by atoms with Crippen LogP contribution in [-0.2, 0) is 14.3 Å². The lowest BCUT2D eigenvalue weighted by atomic mass is 9.77. The summed E-state index contributed by atoms with van der Waals surface area (Å²) in [4.78, 5) is 24.5. The van der Waals surface area contributed by atoms with Crippen molar-refractivity contribution in [3.05, 3.63) is 66.3 Å². The second-order valence-electron chi connectivity index (χ2n) is 8.06. The maximum atomic E-state index is 12.8. The minimum atomic E-state index is -0.388. The maximum Gasteiger partial charge on any atom is 0.338 e. The van der Waals surface area contributed by atoms with E-state index in [1.165, 1.54) is 7.11 Å². The van der Waals surface area contributed by atoms with Crippen LogP contribution in [0.15, 0.2) is 55.1 Å². The van der Waals surface area contributed by atoms with Crippen molar-refractivity contribution in [1.82, 2.24) is 0 Å². The molecule has 0 N–H and O–H groups in total. The Morgan fingerprint density at radius 1 is 1.00 bits per heavy atom. The zero-order valence-electron chi connectivity index (χ0n) is 17.4. The Labute approximate surface area is 172 Å². The number of hydrogen-bond acceptors (Lipinski definition) is 4. The number of carbonyl (C=O) groups is 2. The lowest BCUT2D eigenvalue weighted by Gasteiger charge is -2.34. The third-order valence-corrected chi connectivity index (χ3v) is 5.80. The monoisotopic (exact) mass is 392 g/mol. The first kappa shape index (κ1) is 20.8. The minimum absolute atomic E-state index is 0.149. The second kappa shape index (κ2) is 8.64. The van der Waals surface area contributed by atoms with Crippen LogP contribution < -0.4 is 0 Å². The molecule has 1 aliphatic carbocycles. The van der Waals surface area contributed by atoms with E-state index in [-0.39, 0.29) is 24.0 Å². The zero-order valence-corrected chi connectivity index (χ0v) is 17.4. The van der Waals surface area contributed by atoms with Crippen molar-refractivity contribution < 1.29 is 19.1 Å². The van der Waals surface area contributed by atoms with Crippen molar-refractivity contribution in [3.63, 3.8) is 0 Å². The lowest BCUT2D eigenvalue weighted by molar-refractivity contribution is -0.146. The smallest absolute Gasteiger partial charge is 0.338 e. The molecule has 4 heteroatoms. The van der Waals surface area contributed by atoms with E-state index in [2.05, 4.69) is 20.1 Å². The molecule has 0 saturated heterocycles. The van der Waals surface area contributed by atoms with Gasteiger partial charge >= 0.3 is 11.9 Å². The van der Waals surface area contributed by atoms with Gasteiger partial charge in [-0.15, -0.1) is 0 Å². The third kappa shape index (κ3) is 4.58. The molecule has 4 nitrogen and oxygen atoms in total. The van der Waals surface area contributed by atoms with Crippen LogP contribution in [0.3, 0.4) is 0 Å². The molecule has 1 aliphatic rings. The molecule has 3 rings (SSSR count). The molecule has 152 valence electrons. The molecule has 29 heavy (non-hydrogen) atoms. The highest BCUT2D eigenvalue weighted by atomic mass is 16.5. The van der Waals surface area contributed by atoms with Crippen LogP contribution in [0.4, 0.5) is 0 Å². The Morgan fingerprint density at radius 3 is 2.24 bits per heavy atom. The number of ether oxygens (including phenoxy) is 2. The van der Waals surface area contributed by atoms with Gasteiger partial charge in [-0.2, -0.15) is 0 Å². The number of rotatable bonds is 5. The molecular formula is C25H28O4. The van der Waals surface area contributed by atoms with Gasteiger partial charge < -0.3 is 9.47 Å². The fraction of sp³-hybridized carbons (Fsp3) is 0.360. The zero-order chi connectivity index (χ0) is 21.1. The van der Waals surface area contributed by atoms with E-state index in [0.717, 1.165) is 35.6 Å². The summed E-state index contributed by atoms with van der Waals surface area (Å²) in [5.74, 6) is -0.0312. The van der Waals surface area contributed by atoms with E-state index < -0.39 is 0 Å². The van der Waals surface area contributed by atoms with Crippen molar-refractivity contribution in [3.8, 4) is 0 Å². The standard InChI is InChI=1S/C25H28O4/c1-15(2)22-11-6-16(3)12-23(22)29-24(26)17(4)18-7-8-20-14-21(25(27)28-5)10-9-19(20)13-18/h7-10,13-14,16,22-23H,1,4,6,11-12H2,2-3,5H3/t16-,22+,23-/m0/s1. The van der Waals surface area contributed by atoms with Gasteiger partial charge in [0.2, 0.25) is 0 Å². The average Bonchev–Trinajstić information content (AvgIpc) is 2.71. The van der Waals surface area contributed by atoms with Crippen molar-refractivity contribution in [2.24, 2.45) is 11.8 Å². The molecule has 2 aromatic rings. The van der Waals surface area contributed by atoms with Crippen molar-refractivity contribution >= 4 is 28.3 Å². The summed E-state index contributed by atoms with van der Waals surface area (Å²) >= 11 is 0. The van der Waals surface area contributed by atoms with Gasteiger partial charge in [-0.1, -0.05) is 43.9 Å². The summed E-state index contributed by atoms with van der Waals surface area (Å²) in [7, 11) is 1.36. The van der Waals surface area contributed by atoms with Crippen molar-refractivity contribution in [2.75, 3.05) is 7.11 Å². The first-order valence-corrected chi connectivity index (χ1v) is 9.98. The maximum absolute atomic E-state index is 12.8. The highest BCUT2D eigenvalue weighted by molar-refractivity contribution is 6.16. The van der Waals surface area contributed by atoms with E-state index in [1.54, 1.807) is 12.1 Å². The minimum Gasteiger partial charge on any atom is -0.465 e. The van der Waals surface area contributed by atoms with Crippen LogP contribution in [0.2, 0.25) is 0 Å². The first-order chi connectivity index (χ1) is 13.8. The molecule has 0 aliphatic heterocycles. The van der Waals surface area contributed by atoms with Crippen LogP contribution >= 0.6 is 0 Å². The summed E-state index contributed by atoms with van der Waals surface area (Å²) in [5.41, 5.74) is 2.60. The molecule has 3 atom stereocenters. The molecule has 0 radical (unpaired) electrons. The molecule has 0 amide bonds. The largest absolute Gasteiger partial charge is 0.465 e. The van der Waals surface area contributed by atoms with Gasteiger partial charge in [0.1, 0.15) is 6.10 Å². The van der Waals surface area contributed by atoms with Gasteiger partial charge in [0.15, 0.2) is 0 Å². The summed E-state index contributed by atoms with van der Waals surface area (Å²) in [5, 5.41) is 1.80. The van der Waals surface area contributed by atoms with Gasteiger partial charge in [-0.3, -0.25) is 0 Å². The van der Waals surface area contributed by atoms with Crippen molar-refractivity contribution in [1.29, 1.82) is 0 Å². The van der Waals surface area contributed by atoms with Crippen LogP contribution in [0.1, 0.15) is 49.0 Å². The second-order valence-corrected chi connectivity index (χ2v) is 8.06. The summed E-state index contributed by atoms with van der Waals surface area (Å²) in [6, 6.07) is 10.9. The molecule has 0 bridgehead atoms. The topological polar surface area (TPSA) is 52.6 Å². The van der Waals surface area contributed by atoms with E-state index in [9.17, 15) is 9.59 Å². The van der Waals surface area contributed by atoms with E-state index >= 15 is 0 Å². The Morgan fingerprint density at radius 2 is 1.62 bits per heavy atom. The number of carbonyl (C=O) groups excluding carboxylic acids is 2. The number of methoxy groups -OCH3 is 1. The third-order valence-electron chi connectivity index (χ3n) is 5.80. The molecule has 0 unspecified atom stereocenters. The number of fused-ring (bicyclic) bond motifs is 1. The fourth-order valence-corrected chi connectivity index (χ4v) is 4.03. The highest BCUT2D eigenvalue weighted by Crippen LogP contribution is 2.35. The van der Waals surface area contributed by atoms with E-state index in [1.807, 2.05) is 31.2 Å². The SMILES string of the molecule is C=C(C(=O)O[C@H]1C[C@@H](C)CC[C@@H]1C(=C)C)c1ccc2cc(C(=O)OC)ccc2c1. The molecule has 0 heterocycles. The van der Waals surface area contributed by atoms with E-state index in [4.69, 9.17) is 9.47 Å². The van der Waals surface area contributed by atoms with Crippen LogP contribution in [0, 0.1) is 11.8 Å². The Bertz CT molecular complexity index is 972. The van der Waals surface area contributed by atoms with Crippen molar-refractivity contribution in [2.45, 2.75) is 39.2 Å². The predicted molar refractivity (Wildman–Crippen MR) is 116 cm³/mol. The van der Waals surface area contributed by atoms with Gasteiger partial charge in [-0.05, 0) is 66.6 Å². The number of esters is 2. The lowest BCUT2D eigenvalue weighted by Crippen LogP contribution is -2.33. The van der Waals surface area contributed by atoms with Gasteiger partial charge in [0, 0.05) is 5.92 Å². The quantitative estimate of drug-likeness (QED) is 0.379. The fourth-order valence-electron chi connectivity index (χ4n) is 4.03. The molecule has 0 spiro atoms. The predicted octanol–water partition coefficient (Wildman–Crippen LogP) is 5.56. The number of hydrogen-bond donors (Lipinski definition) is 0. The van der Waals surface area contributed by atoms with Crippen LogP contribution in [0.25, 0.3) is 16.3 Å². The Hall–Kier alpha value is -2.88.